The van der Waals surface area contributed by atoms with Gasteiger partial charge in [0.25, 0.3) is 10.0 Å². The Morgan fingerprint density at radius 1 is 0.927 bits per heavy atom. The molecule has 1 saturated carbocycles. The van der Waals surface area contributed by atoms with Gasteiger partial charge in [0.1, 0.15) is 12.6 Å². The first-order valence-corrected chi connectivity index (χ1v) is 15.9. The highest BCUT2D eigenvalue weighted by molar-refractivity contribution is 7.92. The van der Waals surface area contributed by atoms with E-state index in [1.165, 1.54) is 17.0 Å². The number of anilines is 1. The minimum atomic E-state index is -4.14. The van der Waals surface area contributed by atoms with E-state index in [1.807, 2.05) is 31.2 Å². The molecule has 4 rings (SSSR count). The minimum Gasteiger partial charge on any atom is -0.352 e. The van der Waals surface area contributed by atoms with Gasteiger partial charge in [-0.1, -0.05) is 85.0 Å². The van der Waals surface area contributed by atoms with Gasteiger partial charge in [0, 0.05) is 17.6 Å². The molecule has 0 spiro atoms. The Morgan fingerprint density at radius 2 is 1.59 bits per heavy atom. The maximum atomic E-state index is 14.1. The molecule has 218 valence electrons. The van der Waals surface area contributed by atoms with Crippen molar-refractivity contribution in [3.8, 4) is 0 Å². The molecule has 0 aliphatic heterocycles. The van der Waals surface area contributed by atoms with Crippen molar-refractivity contribution in [3.63, 3.8) is 0 Å². The largest absolute Gasteiger partial charge is 0.352 e. The molecule has 0 radical (unpaired) electrons. The number of halogens is 1. The minimum absolute atomic E-state index is 0.0559. The number of carbonyl (C=O) groups is 2. The highest BCUT2D eigenvalue weighted by Crippen LogP contribution is 2.31. The van der Waals surface area contributed by atoms with Gasteiger partial charge >= 0.3 is 0 Å². The van der Waals surface area contributed by atoms with Crippen LogP contribution < -0.4 is 9.62 Å². The number of benzene rings is 3. The summed E-state index contributed by atoms with van der Waals surface area (Å²) in [6, 6.07) is 20.0. The number of nitrogens with zero attached hydrogens (tertiary/aromatic N) is 2. The van der Waals surface area contributed by atoms with E-state index in [0.29, 0.717) is 16.3 Å². The molecular weight excluding hydrogens is 558 g/mol. The lowest BCUT2D eigenvalue weighted by Gasteiger charge is -2.33. The lowest BCUT2D eigenvalue weighted by molar-refractivity contribution is -0.139. The van der Waals surface area contributed by atoms with Crippen LogP contribution in [-0.2, 0) is 26.2 Å². The molecule has 2 amide bonds. The van der Waals surface area contributed by atoms with Crippen LogP contribution in [0.1, 0.15) is 55.7 Å². The van der Waals surface area contributed by atoms with E-state index in [4.69, 9.17) is 11.6 Å². The van der Waals surface area contributed by atoms with Crippen LogP contribution in [-0.4, -0.2) is 43.8 Å². The molecule has 9 heteroatoms. The van der Waals surface area contributed by atoms with E-state index < -0.39 is 28.5 Å². The van der Waals surface area contributed by atoms with Crippen LogP contribution >= 0.6 is 11.6 Å². The predicted octanol–water partition coefficient (Wildman–Crippen LogP) is 6.02. The summed E-state index contributed by atoms with van der Waals surface area (Å²) < 4.78 is 29.0. The number of hydrogen-bond acceptors (Lipinski definition) is 4. The van der Waals surface area contributed by atoms with Crippen molar-refractivity contribution >= 4 is 39.1 Å². The molecular formula is C32H38ClN3O4S. The number of nitrogens with one attached hydrogen (secondary N) is 1. The first-order valence-electron chi connectivity index (χ1n) is 14.1. The highest BCUT2D eigenvalue weighted by atomic mass is 35.5. The molecule has 1 N–H and O–H groups in total. The van der Waals surface area contributed by atoms with Gasteiger partial charge < -0.3 is 10.2 Å². The van der Waals surface area contributed by atoms with Gasteiger partial charge in [-0.2, -0.15) is 0 Å². The normalized spacial score (nSPS) is 14.7. The number of amides is 2. The summed E-state index contributed by atoms with van der Waals surface area (Å²) in [6.07, 6.45) is 5.13. The van der Waals surface area contributed by atoms with Gasteiger partial charge in [-0.05, 0) is 69.0 Å². The molecule has 3 aromatic carbocycles. The van der Waals surface area contributed by atoms with Crippen LogP contribution in [0.3, 0.4) is 0 Å². The molecule has 0 saturated heterocycles. The van der Waals surface area contributed by atoms with Crippen molar-refractivity contribution < 1.29 is 18.0 Å². The zero-order chi connectivity index (χ0) is 29.6. The zero-order valence-electron chi connectivity index (χ0n) is 23.8. The highest BCUT2D eigenvalue weighted by Gasteiger charge is 2.34. The van der Waals surface area contributed by atoms with E-state index in [-0.39, 0.29) is 23.4 Å². The second-order valence-electron chi connectivity index (χ2n) is 10.7. The first kappa shape index (κ1) is 30.6. The van der Waals surface area contributed by atoms with Crippen LogP contribution in [0.2, 0.25) is 5.02 Å². The summed E-state index contributed by atoms with van der Waals surface area (Å²) in [6.45, 7) is 5.06. The lowest BCUT2D eigenvalue weighted by Crippen LogP contribution is -2.53. The van der Waals surface area contributed by atoms with Gasteiger partial charge in [0.2, 0.25) is 11.8 Å². The predicted molar refractivity (Wildman–Crippen MR) is 163 cm³/mol. The molecule has 41 heavy (non-hydrogen) atoms. The van der Waals surface area contributed by atoms with Crippen molar-refractivity contribution in [2.24, 2.45) is 0 Å². The molecule has 0 bridgehead atoms. The third-order valence-electron chi connectivity index (χ3n) is 7.71. The Labute approximate surface area is 248 Å². The van der Waals surface area contributed by atoms with Crippen molar-refractivity contribution in [1.82, 2.24) is 10.2 Å². The average molecular weight is 596 g/mol. The standard InChI is InChI=1S/C32H38ClN3O4S/c1-23-17-19-26(20-18-23)21-35(25(3)32(38)34-27-11-6-4-7-12-27)31(37)22-36(30-16-10-15-29(33)24(30)2)41(39,40)28-13-8-5-9-14-28/h5,8-10,13-20,25,27H,4,6-7,11-12,21-22H2,1-3H3,(H,34,38). The zero-order valence-corrected chi connectivity index (χ0v) is 25.4. The maximum Gasteiger partial charge on any atom is 0.264 e. The van der Waals surface area contributed by atoms with Crippen molar-refractivity contribution in [3.05, 3.63) is 94.5 Å². The summed E-state index contributed by atoms with van der Waals surface area (Å²) in [5.41, 5.74) is 2.77. The van der Waals surface area contributed by atoms with E-state index >= 15 is 0 Å². The van der Waals surface area contributed by atoms with Gasteiger partial charge in [0.15, 0.2) is 0 Å². The van der Waals surface area contributed by atoms with E-state index in [9.17, 15) is 18.0 Å². The van der Waals surface area contributed by atoms with E-state index in [0.717, 1.165) is 47.5 Å². The fraction of sp³-hybridized carbons (Fsp3) is 0.375. The molecule has 0 heterocycles. The SMILES string of the molecule is Cc1ccc(CN(C(=O)CN(c2cccc(Cl)c2C)S(=O)(=O)c2ccccc2)C(C)C(=O)NC2CCCCC2)cc1. The Morgan fingerprint density at radius 3 is 2.24 bits per heavy atom. The number of rotatable bonds is 10. The molecule has 3 aromatic rings. The summed E-state index contributed by atoms with van der Waals surface area (Å²) >= 11 is 6.39. The molecule has 1 atom stereocenters. The Bertz CT molecular complexity index is 1460. The molecule has 1 aliphatic rings. The summed E-state index contributed by atoms with van der Waals surface area (Å²) in [5.74, 6) is -0.732. The quantitative estimate of drug-likeness (QED) is 0.311. The van der Waals surface area contributed by atoms with Crippen molar-refractivity contribution in [2.45, 2.75) is 76.4 Å². The number of sulfonamides is 1. The van der Waals surface area contributed by atoms with Gasteiger partial charge in [-0.3, -0.25) is 13.9 Å². The Hall–Kier alpha value is -3.36. The fourth-order valence-corrected chi connectivity index (χ4v) is 6.80. The number of hydrogen-bond donors (Lipinski definition) is 1. The van der Waals surface area contributed by atoms with Gasteiger partial charge in [-0.25, -0.2) is 8.42 Å². The lowest BCUT2D eigenvalue weighted by atomic mass is 9.95. The summed E-state index contributed by atoms with van der Waals surface area (Å²) in [5, 5.41) is 3.51. The van der Waals surface area contributed by atoms with Crippen LogP contribution in [0.5, 0.6) is 0 Å². The average Bonchev–Trinajstić information content (AvgIpc) is 2.97. The number of carbonyl (C=O) groups excluding carboxylic acids is 2. The van der Waals surface area contributed by atoms with Crippen LogP contribution in [0.25, 0.3) is 0 Å². The Kier molecular flexibility index (Phi) is 10.1. The third kappa shape index (κ3) is 7.49. The monoisotopic (exact) mass is 595 g/mol. The fourth-order valence-electron chi connectivity index (χ4n) is 5.14. The van der Waals surface area contributed by atoms with E-state index in [1.54, 1.807) is 50.2 Å². The molecule has 1 unspecified atom stereocenters. The van der Waals surface area contributed by atoms with Crippen LogP contribution in [0.4, 0.5) is 5.69 Å². The molecule has 1 fully saturated rings. The first-order chi connectivity index (χ1) is 19.6. The second-order valence-corrected chi connectivity index (χ2v) is 13.0. The number of aryl methyl sites for hydroxylation is 1. The molecule has 0 aromatic heterocycles. The smallest absolute Gasteiger partial charge is 0.264 e. The van der Waals surface area contributed by atoms with Crippen LogP contribution in [0, 0.1) is 13.8 Å². The van der Waals surface area contributed by atoms with Gasteiger partial charge in [-0.15, -0.1) is 0 Å². The maximum absolute atomic E-state index is 14.1. The summed E-state index contributed by atoms with van der Waals surface area (Å²) in [7, 11) is -4.14. The van der Waals surface area contributed by atoms with E-state index in [2.05, 4.69) is 5.32 Å². The third-order valence-corrected chi connectivity index (χ3v) is 9.89. The molecule has 1 aliphatic carbocycles. The Balaban J connectivity index is 1.69. The van der Waals surface area contributed by atoms with Gasteiger partial charge in [0.05, 0.1) is 10.6 Å². The second kappa shape index (κ2) is 13.5. The summed E-state index contributed by atoms with van der Waals surface area (Å²) in [4.78, 5) is 29.1. The van der Waals surface area contributed by atoms with Crippen molar-refractivity contribution in [2.75, 3.05) is 10.8 Å². The van der Waals surface area contributed by atoms with Crippen molar-refractivity contribution in [1.29, 1.82) is 0 Å². The molecule has 7 nitrogen and oxygen atoms in total. The van der Waals surface area contributed by atoms with Crippen LogP contribution in [0.15, 0.2) is 77.7 Å². The topological polar surface area (TPSA) is 86.8 Å².